The molecule has 0 aliphatic rings. The van der Waals surface area contributed by atoms with Gasteiger partial charge in [-0.2, -0.15) is 0 Å². The number of para-hydroxylation sites is 2. The first-order chi connectivity index (χ1) is 22.3. The van der Waals surface area contributed by atoms with Crippen LogP contribution in [0.1, 0.15) is 0 Å². The van der Waals surface area contributed by atoms with E-state index < -0.39 is 0 Å². The third-order valence-corrected chi connectivity index (χ3v) is 8.98. The Labute approximate surface area is 261 Å². The maximum absolute atomic E-state index is 5.13. The van der Waals surface area contributed by atoms with Gasteiger partial charge in [-0.15, -0.1) is 0 Å². The molecule has 0 bridgehead atoms. The van der Waals surface area contributed by atoms with Crippen molar-refractivity contribution in [2.75, 3.05) is 0 Å². The second-order valence-electron chi connectivity index (χ2n) is 11.6. The highest BCUT2D eigenvalue weighted by Gasteiger charge is 2.18. The lowest BCUT2D eigenvalue weighted by Crippen LogP contribution is -1.98. The van der Waals surface area contributed by atoms with Crippen molar-refractivity contribution in [3.05, 3.63) is 170 Å². The summed E-state index contributed by atoms with van der Waals surface area (Å²) in [7, 11) is 0. The summed E-state index contributed by atoms with van der Waals surface area (Å²) < 4.78 is 2.29. The van der Waals surface area contributed by atoms with Gasteiger partial charge in [-0.3, -0.25) is 4.57 Å². The zero-order valence-electron chi connectivity index (χ0n) is 24.6. The number of hydrogen-bond acceptors (Lipinski definition) is 1. The van der Waals surface area contributed by atoms with E-state index in [-0.39, 0.29) is 0 Å². The highest BCUT2D eigenvalue weighted by molar-refractivity contribution is 6.21. The Balaban J connectivity index is 1.25. The summed E-state index contributed by atoms with van der Waals surface area (Å²) >= 11 is 0. The van der Waals surface area contributed by atoms with Gasteiger partial charge in [0, 0.05) is 11.3 Å². The minimum absolute atomic E-state index is 0.942. The summed E-state index contributed by atoms with van der Waals surface area (Å²) in [5, 5.41) is 7.48. The molecule has 2 nitrogen and oxygen atoms in total. The third kappa shape index (κ3) is 4.15. The third-order valence-electron chi connectivity index (χ3n) is 8.98. The second kappa shape index (κ2) is 10.3. The molecule has 0 amide bonds. The number of rotatable bonds is 4. The molecule has 0 saturated carbocycles. The lowest BCUT2D eigenvalue weighted by atomic mass is 9.86. The summed E-state index contributed by atoms with van der Waals surface area (Å²) in [4.78, 5) is 5.13. The molecule has 1 aromatic heterocycles. The summed E-state index contributed by atoms with van der Waals surface area (Å²) in [5.41, 5.74) is 9.24. The van der Waals surface area contributed by atoms with Crippen LogP contribution in [0, 0.1) is 0 Å². The van der Waals surface area contributed by atoms with Crippen molar-refractivity contribution in [3.63, 3.8) is 0 Å². The monoisotopic (exact) mass is 572 g/mol. The van der Waals surface area contributed by atoms with Gasteiger partial charge < -0.3 is 0 Å². The molecule has 0 aliphatic carbocycles. The Bertz CT molecular complexity index is 2470. The van der Waals surface area contributed by atoms with Crippen LogP contribution in [0.15, 0.2) is 170 Å². The SMILES string of the molecule is c1ccc(-c2c3ccccc3c(-c3ccc(-n4c(-c5ccc6ccccc6c5)nc5ccccc54)cc3)c3ccccc23)cc1. The Morgan fingerprint density at radius 3 is 1.56 bits per heavy atom. The van der Waals surface area contributed by atoms with Gasteiger partial charge in [0.05, 0.1) is 11.0 Å². The first-order valence-corrected chi connectivity index (χ1v) is 15.4. The highest BCUT2D eigenvalue weighted by atomic mass is 15.1. The molecule has 2 heteroatoms. The van der Waals surface area contributed by atoms with Crippen LogP contribution in [0.3, 0.4) is 0 Å². The molecule has 210 valence electrons. The van der Waals surface area contributed by atoms with Gasteiger partial charge in [-0.05, 0) is 84.9 Å². The molecule has 0 fully saturated rings. The van der Waals surface area contributed by atoms with Crippen LogP contribution in [-0.2, 0) is 0 Å². The van der Waals surface area contributed by atoms with Gasteiger partial charge in [0.15, 0.2) is 0 Å². The Hall–Kier alpha value is -5.99. The van der Waals surface area contributed by atoms with E-state index in [0.717, 1.165) is 28.1 Å². The quantitative estimate of drug-likeness (QED) is 0.192. The van der Waals surface area contributed by atoms with Crippen molar-refractivity contribution in [1.82, 2.24) is 9.55 Å². The van der Waals surface area contributed by atoms with Crippen LogP contribution >= 0.6 is 0 Å². The van der Waals surface area contributed by atoms with Crippen molar-refractivity contribution in [1.29, 1.82) is 0 Å². The van der Waals surface area contributed by atoms with Gasteiger partial charge in [-0.25, -0.2) is 4.98 Å². The van der Waals surface area contributed by atoms with Crippen LogP contribution in [0.25, 0.3) is 82.7 Å². The van der Waals surface area contributed by atoms with Crippen molar-refractivity contribution in [3.8, 4) is 39.3 Å². The summed E-state index contributed by atoms with van der Waals surface area (Å²) in [6.07, 6.45) is 0. The minimum Gasteiger partial charge on any atom is -0.292 e. The Morgan fingerprint density at radius 2 is 0.889 bits per heavy atom. The van der Waals surface area contributed by atoms with E-state index in [4.69, 9.17) is 4.98 Å². The lowest BCUT2D eigenvalue weighted by molar-refractivity contribution is 1.10. The minimum atomic E-state index is 0.942. The molecule has 0 aliphatic heterocycles. The Kier molecular flexibility index (Phi) is 5.85. The molecule has 0 atom stereocenters. The van der Waals surface area contributed by atoms with E-state index in [1.165, 1.54) is 54.6 Å². The topological polar surface area (TPSA) is 17.8 Å². The summed E-state index contributed by atoms with van der Waals surface area (Å²) in [5.74, 6) is 0.942. The molecule has 1 heterocycles. The van der Waals surface area contributed by atoms with Gasteiger partial charge in [0.25, 0.3) is 0 Å². The maximum Gasteiger partial charge on any atom is 0.145 e. The highest BCUT2D eigenvalue weighted by Crippen LogP contribution is 2.43. The van der Waals surface area contributed by atoms with E-state index in [1.807, 2.05) is 0 Å². The number of nitrogens with zero attached hydrogens (tertiary/aromatic N) is 2. The van der Waals surface area contributed by atoms with Crippen LogP contribution in [0.2, 0.25) is 0 Å². The van der Waals surface area contributed by atoms with Crippen LogP contribution < -0.4 is 0 Å². The predicted octanol–water partition coefficient (Wildman–Crippen LogP) is 11.5. The molecule has 0 N–H and O–H groups in total. The van der Waals surface area contributed by atoms with Gasteiger partial charge in [-0.1, -0.05) is 140 Å². The molecule has 0 spiro atoms. The predicted molar refractivity (Wildman–Crippen MR) is 190 cm³/mol. The molecule has 9 rings (SSSR count). The molecular formula is C43H28N2. The van der Waals surface area contributed by atoms with E-state index in [2.05, 4.69) is 174 Å². The molecule has 9 aromatic rings. The van der Waals surface area contributed by atoms with E-state index in [1.54, 1.807) is 0 Å². The average molecular weight is 573 g/mol. The van der Waals surface area contributed by atoms with Crippen molar-refractivity contribution < 1.29 is 0 Å². The Morgan fingerprint density at radius 1 is 0.378 bits per heavy atom. The molecular weight excluding hydrogens is 544 g/mol. The lowest BCUT2D eigenvalue weighted by Gasteiger charge is -2.18. The van der Waals surface area contributed by atoms with Gasteiger partial charge >= 0.3 is 0 Å². The van der Waals surface area contributed by atoms with Crippen molar-refractivity contribution in [2.45, 2.75) is 0 Å². The average Bonchev–Trinajstić information content (AvgIpc) is 3.50. The normalized spacial score (nSPS) is 11.6. The molecule has 45 heavy (non-hydrogen) atoms. The molecule has 8 aromatic carbocycles. The van der Waals surface area contributed by atoms with Gasteiger partial charge in [0.1, 0.15) is 5.82 Å². The summed E-state index contributed by atoms with van der Waals surface area (Å²) in [6, 6.07) is 60.9. The maximum atomic E-state index is 5.13. The van der Waals surface area contributed by atoms with Crippen molar-refractivity contribution >= 4 is 43.4 Å². The van der Waals surface area contributed by atoms with Crippen molar-refractivity contribution in [2.24, 2.45) is 0 Å². The number of aromatic nitrogens is 2. The van der Waals surface area contributed by atoms with Crippen LogP contribution in [0.5, 0.6) is 0 Å². The first kappa shape index (κ1) is 25.5. The fourth-order valence-corrected chi connectivity index (χ4v) is 6.94. The smallest absolute Gasteiger partial charge is 0.145 e. The van der Waals surface area contributed by atoms with Crippen LogP contribution in [0.4, 0.5) is 0 Å². The fraction of sp³-hybridized carbons (Fsp3) is 0. The second-order valence-corrected chi connectivity index (χ2v) is 11.6. The number of benzene rings is 8. The zero-order valence-corrected chi connectivity index (χ0v) is 24.6. The number of imidazole rings is 1. The molecule has 0 saturated heterocycles. The molecule has 0 unspecified atom stereocenters. The van der Waals surface area contributed by atoms with Crippen LogP contribution in [-0.4, -0.2) is 9.55 Å². The number of fused-ring (bicyclic) bond motifs is 4. The van der Waals surface area contributed by atoms with E-state index in [0.29, 0.717) is 0 Å². The fourth-order valence-electron chi connectivity index (χ4n) is 6.94. The molecule has 0 radical (unpaired) electrons. The van der Waals surface area contributed by atoms with E-state index in [9.17, 15) is 0 Å². The standard InChI is InChI=1S/C43H28N2/c1-2-13-30(14-3-1)41-35-16-6-8-18-37(35)42(38-19-9-7-17-36(38)41)31-24-26-34(27-25-31)45-40-21-11-10-20-39(40)44-43(45)33-23-22-29-12-4-5-15-32(29)28-33/h1-28H. The summed E-state index contributed by atoms with van der Waals surface area (Å²) in [6.45, 7) is 0. The van der Waals surface area contributed by atoms with E-state index >= 15 is 0 Å². The zero-order chi connectivity index (χ0) is 29.7. The number of hydrogen-bond donors (Lipinski definition) is 0. The van der Waals surface area contributed by atoms with Gasteiger partial charge in [0.2, 0.25) is 0 Å². The largest absolute Gasteiger partial charge is 0.292 e. The first-order valence-electron chi connectivity index (χ1n) is 15.4.